The fourth-order valence-corrected chi connectivity index (χ4v) is 3.59. The number of aromatic amines is 1. The molecule has 0 aliphatic rings. The fourth-order valence-electron chi connectivity index (χ4n) is 2.96. The molecule has 32 heavy (non-hydrogen) atoms. The quantitative estimate of drug-likeness (QED) is 0.382. The summed E-state index contributed by atoms with van der Waals surface area (Å²) >= 11 is 0.981. The van der Waals surface area contributed by atoms with Crippen molar-refractivity contribution >= 4 is 23.4 Å². The number of benzene rings is 1. The SMILES string of the molecule is COCCn1c(N)c(C(=O)CSc2nnc(-c3ccc(C(C)(C)C)cc3)o2)c(=O)[nH]c1=O. The molecule has 11 heteroatoms. The zero-order valence-corrected chi connectivity index (χ0v) is 19.1. The Hall–Kier alpha value is -3.18. The van der Waals surface area contributed by atoms with Gasteiger partial charge in [-0.2, -0.15) is 0 Å². The Morgan fingerprint density at radius 2 is 1.91 bits per heavy atom. The van der Waals surface area contributed by atoms with E-state index in [9.17, 15) is 14.4 Å². The Bertz CT molecular complexity index is 1220. The van der Waals surface area contributed by atoms with E-state index in [0.717, 1.165) is 21.9 Å². The summed E-state index contributed by atoms with van der Waals surface area (Å²) in [7, 11) is 1.47. The van der Waals surface area contributed by atoms with E-state index in [1.165, 1.54) is 12.7 Å². The molecule has 0 spiro atoms. The van der Waals surface area contributed by atoms with Crippen molar-refractivity contribution in [3.05, 3.63) is 56.2 Å². The van der Waals surface area contributed by atoms with Crippen LogP contribution in [0.3, 0.4) is 0 Å². The second kappa shape index (κ2) is 9.53. The molecule has 3 aromatic rings. The summed E-state index contributed by atoms with van der Waals surface area (Å²) in [5.74, 6) is -0.605. The monoisotopic (exact) mass is 459 g/mol. The highest BCUT2D eigenvalue weighted by molar-refractivity contribution is 7.99. The molecule has 0 fully saturated rings. The zero-order chi connectivity index (χ0) is 23.5. The van der Waals surface area contributed by atoms with Crippen molar-refractivity contribution in [2.24, 2.45) is 0 Å². The predicted octanol–water partition coefficient (Wildman–Crippen LogP) is 2.09. The Morgan fingerprint density at radius 1 is 1.22 bits per heavy atom. The first-order valence-electron chi connectivity index (χ1n) is 9.83. The highest BCUT2D eigenvalue weighted by Crippen LogP contribution is 2.27. The van der Waals surface area contributed by atoms with Crippen LogP contribution < -0.4 is 17.0 Å². The first-order chi connectivity index (χ1) is 15.1. The zero-order valence-electron chi connectivity index (χ0n) is 18.3. The standard InChI is InChI=1S/C21H25N5O5S/c1-21(2,3)13-7-5-12(6-8-13)18-24-25-20(31-18)32-11-14(27)15-16(22)26(9-10-30-4)19(29)23-17(15)28/h5-8H,9-11,22H2,1-4H3,(H,23,28,29). The van der Waals surface area contributed by atoms with E-state index in [-0.39, 0.29) is 40.9 Å². The van der Waals surface area contributed by atoms with Gasteiger partial charge in [0.2, 0.25) is 5.89 Å². The second-order valence-corrected chi connectivity index (χ2v) is 9.00. The molecule has 0 aliphatic carbocycles. The number of H-pyrrole nitrogens is 1. The topological polar surface area (TPSA) is 146 Å². The van der Waals surface area contributed by atoms with Crippen molar-refractivity contribution < 1.29 is 13.9 Å². The molecule has 1 aromatic carbocycles. The number of hydrogen-bond donors (Lipinski definition) is 2. The van der Waals surface area contributed by atoms with E-state index >= 15 is 0 Å². The van der Waals surface area contributed by atoms with E-state index in [1.807, 2.05) is 24.3 Å². The van der Waals surface area contributed by atoms with E-state index < -0.39 is 17.0 Å². The van der Waals surface area contributed by atoms with Gasteiger partial charge in [0.25, 0.3) is 10.8 Å². The van der Waals surface area contributed by atoms with Gasteiger partial charge in [0.05, 0.1) is 18.9 Å². The third kappa shape index (κ3) is 5.17. The number of rotatable bonds is 8. The molecule has 2 aromatic heterocycles. The largest absolute Gasteiger partial charge is 0.411 e. The van der Waals surface area contributed by atoms with E-state index in [1.54, 1.807) is 0 Å². The van der Waals surface area contributed by atoms with Gasteiger partial charge in [-0.15, -0.1) is 10.2 Å². The van der Waals surface area contributed by atoms with Crippen LogP contribution in [0.2, 0.25) is 0 Å². The summed E-state index contributed by atoms with van der Waals surface area (Å²) in [5.41, 5.74) is 6.06. The van der Waals surface area contributed by atoms with Crippen LogP contribution in [0.1, 0.15) is 36.7 Å². The van der Waals surface area contributed by atoms with Crippen molar-refractivity contribution in [3.8, 4) is 11.5 Å². The van der Waals surface area contributed by atoms with Crippen LogP contribution in [0.4, 0.5) is 5.82 Å². The number of carbonyl (C=O) groups excluding carboxylic acids is 1. The minimum Gasteiger partial charge on any atom is -0.411 e. The number of ketones is 1. The maximum Gasteiger partial charge on any atom is 0.330 e. The van der Waals surface area contributed by atoms with Gasteiger partial charge in [0.15, 0.2) is 5.78 Å². The van der Waals surface area contributed by atoms with Crippen LogP contribution in [0.25, 0.3) is 11.5 Å². The number of carbonyl (C=O) groups is 1. The lowest BCUT2D eigenvalue weighted by Gasteiger charge is -2.18. The van der Waals surface area contributed by atoms with Gasteiger partial charge >= 0.3 is 5.69 Å². The van der Waals surface area contributed by atoms with Gasteiger partial charge in [0, 0.05) is 12.7 Å². The summed E-state index contributed by atoms with van der Waals surface area (Å²) < 4.78 is 11.7. The number of thioether (sulfide) groups is 1. The molecule has 3 rings (SSSR count). The number of aromatic nitrogens is 4. The Kier molecular flexibility index (Phi) is 6.99. The summed E-state index contributed by atoms with van der Waals surface area (Å²) in [5, 5.41) is 8.15. The van der Waals surface area contributed by atoms with Gasteiger partial charge < -0.3 is 14.9 Å². The molecule has 2 heterocycles. The first kappa shape index (κ1) is 23.5. The average Bonchev–Trinajstić information content (AvgIpc) is 3.20. The van der Waals surface area contributed by atoms with Gasteiger partial charge in [-0.3, -0.25) is 19.1 Å². The number of Topliss-reactive ketones (excluding diaryl/α,β-unsaturated/α-hetero) is 1. The summed E-state index contributed by atoms with van der Waals surface area (Å²) in [6.45, 7) is 6.68. The Labute approximate surface area is 188 Å². The minimum absolute atomic E-state index is 0.0282. The summed E-state index contributed by atoms with van der Waals surface area (Å²) in [6.07, 6.45) is 0. The number of anilines is 1. The van der Waals surface area contributed by atoms with Crippen molar-refractivity contribution in [2.45, 2.75) is 38.0 Å². The van der Waals surface area contributed by atoms with Gasteiger partial charge in [-0.1, -0.05) is 44.7 Å². The molecule has 0 radical (unpaired) electrons. The Morgan fingerprint density at radius 3 is 2.53 bits per heavy atom. The molecule has 0 saturated heterocycles. The van der Waals surface area contributed by atoms with Crippen molar-refractivity contribution in [2.75, 3.05) is 25.2 Å². The molecule has 0 saturated carbocycles. The van der Waals surface area contributed by atoms with Gasteiger partial charge in [-0.25, -0.2) is 4.79 Å². The lowest BCUT2D eigenvalue weighted by atomic mass is 9.87. The average molecular weight is 460 g/mol. The number of methoxy groups -OCH3 is 1. The lowest BCUT2D eigenvalue weighted by Crippen LogP contribution is -2.37. The lowest BCUT2D eigenvalue weighted by molar-refractivity contribution is 0.102. The Balaban J connectivity index is 1.73. The molecular weight excluding hydrogens is 434 g/mol. The number of nitrogens with zero attached hydrogens (tertiary/aromatic N) is 3. The first-order valence-corrected chi connectivity index (χ1v) is 10.8. The van der Waals surface area contributed by atoms with Crippen LogP contribution in [0.5, 0.6) is 0 Å². The van der Waals surface area contributed by atoms with Crippen LogP contribution >= 0.6 is 11.8 Å². The highest BCUT2D eigenvalue weighted by Gasteiger charge is 2.21. The third-order valence-corrected chi connectivity index (χ3v) is 5.59. The minimum atomic E-state index is -0.836. The van der Waals surface area contributed by atoms with Crippen molar-refractivity contribution in [3.63, 3.8) is 0 Å². The normalized spacial score (nSPS) is 11.6. The molecule has 3 N–H and O–H groups in total. The van der Waals surface area contributed by atoms with Crippen LogP contribution in [-0.4, -0.2) is 45.0 Å². The van der Waals surface area contributed by atoms with Crippen LogP contribution in [-0.2, 0) is 16.7 Å². The number of nitrogens with one attached hydrogen (secondary N) is 1. The van der Waals surface area contributed by atoms with Crippen LogP contribution in [0.15, 0.2) is 43.5 Å². The van der Waals surface area contributed by atoms with Gasteiger partial charge in [0.1, 0.15) is 11.4 Å². The molecule has 0 bridgehead atoms. The van der Waals surface area contributed by atoms with Gasteiger partial charge in [-0.05, 0) is 23.1 Å². The van der Waals surface area contributed by atoms with Crippen molar-refractivity contribution in [1.82, 2.24) is 19.7 Å². The van der Waals surface area contributed by atoms with E-state index in [2.05, 4.69) is 36.0 Å². The smallest absolute Gasteiger partial charge is 0.330 e. The molecule has 0 atom stereocenters. The second-order valence-electron chi connectivity index (χ2n) is 8.08. The number of nitrogens with two attached hydrogens (primary N) is 1. The molecule has 0 unspecified atom stereocenters. The summed E-state index contributed by atoms with van der Waals surface area (Å²) in [6, 6.07) is 7.81. The number of hydrogen-bond acceptors (Lipinski definition) is 9. The van der Waals surface area contributed by atoms with Crippen LogP contribution in [0, 0.1) is 0 Å². The molecule has 170 valence electrons. The maximum atomic E-state index is 12.6. The summed E-state index contributed by atoms with van der Waals surface area (Å²) in [4.78, 5) is 38.9. The number of ether oxygens (including phenoxy) is 1. The molecule has 0 amide bonds. The molecule has 0 aliphatic heterocycles. The van der Waals surface area contributed by atoms with E-state index in [0.29, 0.717) is 5.89 Å². The molecular formula is C21H25N5O5S. The number of nitrogen functional groups attached to an aromatic ring is 1. The van der Waals surface area contributed by atoms with E-state index in [4.69, 9.17) is 14.9 Å². The third-order valence-electron chi connectivity index (χ3n) is 4.77. The molecule has 10 nitrogen and oxygen atoms in total. The fraction of sp³-hybridized carbons (Fsp3) is 0.381. The maximum absolute atomic E-state index is 12.6. The predicted molar refractivity (Wildman–Crippen MR) is 121 cm³/mol. The highest BCUT2D eigenvalue weighted by atomic mass is 32.2. The van der Waals surface area contributed by atoms with Crippen molar-refractivity contribution in [1.29, 1.82) is 0 Å².